The highest BCUT2D eigenvalue weighted by atomic mass is 32.2. The standard InChI is InChI=1S/C12H16N2O2S/c1-3-10-14(11-4-2)17(15,16)13-12-8-6-5-7-9-12/h3-9,13H,1-2,10-11H2. The average Bonchev–Trinajstić information content (AvgIpc) is 2.29. The van der Waals surface area contributed by atoms with Crippen LogP contribution in [0.2, 0.25) is 0 Å². The minimum Gasteiger partial charge on any atom is -0.271 e. The van der Waals surface area contributed by atoms with E-state index >= 15 is 0 Å². The summed E-state index contributed by atoms with van der Waals surface area (Å²) in [5, 5.41) is 0. The van der Waals surface area contributed by atoms with Gasteiger partial charge >= 0.3 is 10.2 Å². The van der Waals surface area contributed by atoms with Crippen molar-refractivity contribution >= 4 is 15.9 Å². The molecule has 5 heteroatoms. The summed E-state index contributed by atoms with van der Waals surface area (Å²) in [7, 11) is -3.56. The van der Waals surface area contributed by atoms with Gasteiger partial charge in [-0.3, -0.25) is 4.72 Å². The molecule has 92 valence electrons. The van der Waals surface area contributed by atoms with E-state index in [9.17, 15) is 8.42 Å². The first-order valence-electron chi connectivity index (χ1n) is 5.15. The van der Waals surface area contributed by atoms with Crippen LogP contribution in [0.4, 0.5) is 5.69 Å². The number of hydrogen-bond acceptors (Lipinski definition) is 2. The van der Waals surface area contributed by atoms with Gasteiger partial charge in [-0.05, 0) is 12.1 Å². The van der Waals surface area contributed by atoms with Crippen molar-refractivity contribution in [1.29, 1.82) is 0 Å². The van der Waals surface area contributed by atoms with E-state index in [4.69, 9.17) is 0 Å². The molecule has 0 fully saturated rings. The number of para-hydroxylation sites is 1. The van der Waals surface area contributed by atoms with E-state index < -0.39 is 10.2 Å². The van der Waals surface area contributed by atoms with E-state index in [2.05, 4.69) is 17.9 Å². The number of rotatable bonds is 7. The lowest BCUT2D eigenvalue weighted by Crippen LogP contribution is -2.36. The topological polar surface area (TPSA) is 49.4 Å². The molecule has 1 rings (SSSR count). The van der Waals surface area contributed by atoms with Crippen molar-refractivity contribution in [2.45, 2.75) is 0 Å². The Morgan fingerprint density at radius 2 is 1.65 bits per heavy atom. The summed E-state index contributed by atoms with van der Waals surface area (Å²) in [6, 6.07) is 8.74. The van der Waals surface area contributed by atoms with Crippen molar-refractivity contribution in [2.75, 3.05) is 17.8 Å². The first kappa shape index (κ1) is 13.5. The Morgan fingerprint density at radius 3 is 2.12 bits per heavy atom. The Balaban J connectivity index is 2.85. The first-order chi connectivity index (χ1) is 8.10. The van der Waals surface area contributed by atoms with Gasteiger partial charge in [0.1, 0.15) is 0 Å². The minimum absolute atomic E-state index is 0.244. The number of nitrogens with zero attached hydrogens (tertiary/aromatic N) is 1. The molecule has 4 nitrogen and oxygen atoms in total. The van der Waals surface area contributed by atoms with E-state index in [0.29, 0.717) is 5.69 Å². The van der Waals surface area contributed by atoms with Crippen LogP contribution in [0.15, 0.2) is 55.6 Å². The van der Waals surface area contributed by atoms with Crippen LogP contribution < -0.4 is 4.72 Å². The third kappa shape index (κ3) is 4.05. The smallest absolute Gasteiger partial charge is 0.271 e. The van der Waals surface area contributed by atoms with Crippen molar-refractivity contribution in [2.24, 2.45) is 0 Å². The van der Waals surface area contributed by atoms with Crippen molar-refractivity contribution in [3.8, 4) is 0 Å². The maximum Gasteiger partial charge on any atom is 0.302 e. The molecule has 0 radical (unpaired) electrons. The van der Waals surface area contributed by atoms with Crippen LogP contribution in [0.5, 0.6) is 0 Å². The zero-order valence-corrected chi connectivity index (χ0v) is 10.4. The zero-order valence-electron chi connectivity index (χ0n) is 9.54. The Morgan fingerprint density at radius 1 is 1.12 bits per heavy atom. The van der Waals surface area contributed by atoms with Crippen LogP contribution in [0.1, 0.15) is 0 Å². The van der Waals surface area contributed by atoms with E-state index in [1.165, 1.54) is 16.5 Å². The van der Waals surface area contributed by atoms with Gasteiger partial charge in [-0.1, -0.05) is 30.4 Å². The lowest BCUT2D eigenvalue weighted by Gasteiger charge is -2.19. The molecule has 0 spiro atoms. The van der Waals surface area contributed by atoms with E-state index in [1.807, 2.05) is 6.07 Å². The molecule has 0 aliphatic heterocycles. The third-order valence-electron chi connectivity index (χ3n) is 2.03. The normalized spacial score (nSPS) is 11.1. The quantitative estimate of drug-likeness (QED) is 0.755. The van der Waals surface area contributed by atoms with Gasteiger partial charge in [0.15, 0.2) is 0 Å². The summed E-state index contributed by atoms with van der Waals surface area (Å²) < 4.78 is 27.7. The molecule has 0 unspecified atom stereocenters. The predicted octanol–water partition coefficient (Wildman–Crippen LogP) is 2.02. The van der Waals surface area contributed by atoms with Gasteiger partial charge in [0.05, 0.1) is 0 Å². The molecule has 0 bridgehead atoms. The van der Waals surface area contributed by atoms with Crippen LogP contribution in [-0.4, -0.2) is 25.8 Å². The second kappa shape index (κ2) is 6.22. The zero-order chi connectivity index (χ0) is 12.7. The first-order valence-corrected chi connectivity index (χ1v) is 6.59. The fourth-order valence-corrected chi connectivity index (χ4v) is 2.44. The van der Waals surface area contributed by atoms with Crippen LogP contribution in [0.25, 0.3) is 0 Å². The Bertz CT molecular complexity index is 459. The maximum atomic E-state index is 12.0. The summed E-state index contributed by atoms with van der Waals surface area (Å²) >= 11 is 0. The summed E-state index contributed by atoms with van der Waals surface area (Å²) in [6.45, 7) is 7.56. The summed E-state index contributed by atoms with van der Waals surface area (Å²) in [5.41, 5.74) is 0.533. The molecule has 1 aromatic carbocycles. The van der Waals surface area contributed by atoms with Gasteiger partial charge in [0, 0.05) is 18.8 Å². The molecular weight excluding hydrogens is 236 g/mol. The lowest BCUT2D eigenvalue weighted by molar-refractivity contribution is 0.479. The average molecular weight is 252 g/mol. The van der Waals surface area contributed by atoms with Gasteiger partial charge in [-0.2, -0.15) is 12.7 Å². The summed E-state index contributed by atoms with van der Waals surface area (Å²) in [4.78, 5) is 0. The monoisotopic (exact) mass is 252 g/mol. The minimum atomic E-state index is -3.56. The second-order valence-electron chi connectivity index (χ2n) is 3.37. The molecule has 0 saturated heterocycles. The third-order valence-corrected chi connectivity index (χ3v) is 3.50. The van der Waals surface area contributed by atoms with Gasteiger partial charge in [-0.25, -0.2) is 0 Å². The number of anilines is 1. The van der Waals surface area contributed by atoms with Crippen LogP contribution >= 0.6 is 0 Å². The van der Waals surface area contributed by atoms with Crippen LogP contribution in [0.3, 0.4) is 0 Å². The highest BCUT2D eigenvalue weighted by Gasteiger charge is 2.18. The molecule has 0 amide bonds. The molecule has 0 saturated carbocycles. The van der Waals surface area contributed by atoms with E-state index in [0.717, 1.165) is 0 Å². The van der Waals surface area contributed by atoms with Gasteiger partial charge in [-0.15, -0.1) is 13.2 Å². The van der Waals surface area contributed by atoms with Gasteiger partial charge in [0.25, 0.3) is 0 Å². The molecule has 1 aromatic rings. The molecule has 0 aromatic heterocycles. The Hall–Kier alpha value is -1.59. The highest BCUT2D eigenvalue weighted by Crippen LogP contribution is 2.10. The van der Waals surface area contributed by atoms with Crippen molar-refractivity contribution in [3.05, 3.63) is 55.6 Å². The summed E-state index contributed by atoms with van der Waals surface area (Å²) in [5.74, 6) is 0. The van der Waals surface area contributed by atoms with E-state index in [-0.39, 0.29) is 13.1 Å². The number of hydrogen-bond donors (Lipinski definition) is 1. The number of benzene rings is 1. The van der Waals surface area contributed by atoms with Crippen molar-refractivity contribution in [3.63, 3.8) is 0 Å². The lowest BCUT2D eigenvalue weighted by atomic mass is 10.3. The van der Waals surface area contributed by atoms with Gasteiger partial charge < -0.3 is 0 Å². The molecule has 0 aliphatic rings. The molecule has 0 aliphatic carbocycles. The molecule has 0 heterocycles. The second-order valence-corrected chi connectivity index (χ2v) is 5.04. The van der Waals surface area contributed by atoms with Crippen molar-refractivity contribution < 1.29 is 8.42 Å². The fraction of sp³-hybridized carbons (Fsp3) is 0.167. The maximum absolute atomic E-state index is 12.0. The van der Waals surface area contributed by atoms with Crippen LogP contribution in [-0.2, 0) is 10.2 Å². The van der Waals surface area contributed by atoms with Crippen LogP contribution in [0, 0.1) is 0 Å². The Labute approximate surface area is 102 Å². The molecular formula is C12H16N2O2S. The largest absolute Gasteiger partial charge is 0.302 e. The predicted molar refractivity (Wildman–Crippen MR) is 71.0 cm³/mol. The van der Waals surface area contributed by atoms with E-state index in [1.54, 1.807) is 24.3 Å². The summed E-state index contributed by atoms with van der Waals surface area (Å²) in [6.07, 6.45) is 3.07. The van der Waals surface area contributed by atoms with Crippen molar-refractivity contribution in [1.82, 2.24) is 4.31 Å². The number of nitrogens with one attached hydrogen (secondary N) is 1. The highest BCUT2D eigenvalue weighted by molar-refractivity contribution is 7.90. The molecule has 1 N–H and O–H groups in total. The fourth-order valence-electron chi connectivity index (χ4n) is 1.28. The Kier molecular flexibility index (Phi) is 4.93. The molecule has 17 heavy (non-hydrogen) atoms. The SMILES string of the molecule is C=CCN(CC=C)S(=O)(=O)Nc1ccccc1. The van der Waals surface area contributed by atoms with Gasteiger partial charge in [0.2, 0.25) is 0 Å². The molecule has 0 atom stereocenters.